The standard InChI is InChI=1S/C21H26N2O2/c1-21(2,3)17-6-8-18(9-7-17)22-20(24)16-4-10-19(11-5-16)23-12-14-25-15-13-23/h4-11H,12-15H2,1-3H3,(H,22,24). The number of anilines is 2. The van der Waals surface area contributed by atoms with Gasteiger partial charge in [-0.05, 0) is 47.4 Å². The second kappa shape index (κ2) is 7.28. The number of morpholine rings is 1. The van der Waals surface area contributed by atoms with Gasteiger partial charge in [0.25, 0.3) is 5.91 Å². The molecule has 1 heterocycles. The van der Waals surface area contributed by atoms with Crippen LogP contribution < -0.4 is 10.2 Å². The number of amides is 1. The predicted octanol–water partition coefficient (Wildman–Crippen LogP) is 4.07. The Labute approximate surface area is 149 Å². The van der Waals surface area contributed by atoms with Crippen molar-refractivity contribution in [2.75, 3.05) is 36.5 Å². The average Bonchev–Trinajstić information content (AvgIpc) is 2.62. The summed E-state index contributed by atoms with van der Waals surface area (Å²) in [6.45, 7) is 9.83. The van der Waals surface area contributed by atoms with Crippen molar-refractivity contribution in [1.29, 1.82) is 0 Å². The van der Waals surface area contributed by atoms with Crippen LogP contribution in [-0.2, 0) is 10.2 Å². The maximum Gasteiger partial charge on any atom is 0.255 e. The molecule has 1 amide bonds. The first-order valence-corrected chi connectivity index (χ1v) is 8.78. The van der Waals surface area contributed by atoms with Crippen molar-refractivity contribution in [1.82, 2.24) is 0 Å². The second-order valence-corrected chi connectivity index (χ2v) is 7.43. The maximum absolute atomic E-state index is 12.4. The van der Waals surface area contributed by atoms with E-state index >= 15 is 0 Å². The number of nitrogens with one attached hydrogen (secondary N) is 1. The molecule has 3 rings (SSSR count). The van der Waals surface area contributed by atoms with Crippen LogP contribution in [0.15, 0.2) is 48.5 Å². The van der Waals surface area contributed by atoms with E-state index in [1.54, 1.807) is 0 Å². The van der Waals surface area contributed by atoms with Crippen LogP contribution in [0.2, 0.25) is 0 Å². The number of carbonyl (C=O) groups excluding carboxylic acids is 1. The molecule has 0 spiro atoms. The van der Waals surface area contributed by atoms with E-state index in [9.17, 15) is 4.79 Å². The Hall–Kier alpha value is -2.33. The van der Waals surface area contributed by atoms with E-state index in [1.165, 1.54) is 5.56 Å². The van der Waals surface area contributed by atoms with Crippen molar-refractivity contribution in [2.45, 2.75) is 26.2 Å². The van der Waals surface area contributed by atoms with Crippen molar-refractivity contribution in [2.24, 2.45) is 0 Å². The fourth-order valence-corrected chi connectivity index (χ4v) is 2.90. The smallest absolute Gasteiger partial charge is 0.255 e. The Morgan fingerprint density at radius 1 is 0.960 bits per heavy atom. The minimum Gasteiger partial charge on any atom is -0.378 e. The van der Waals surface area contributed by atoms with Gasteiger partial charge in [-0.3, -0.25) is 4.79 Å². The summed E-state index contributed by atoms with van der Waals surface area (Å²) in [6.07, 6.45) is 0. The summed E-state index contributed by atoms with van der Waals surface area (Å²) in [6, 6.07) is 15.8. The molecule has 25 heavy (non-hydrogen) atoms. The molecule has 1 N–H and O–H groups in total. The molecular weight excluding hydrogens is 312 g/mol. The molecule has 2 aromatic rings. The number of benzene rings is 2. The van der Waals surface area contributed by atoms with Crippen LogP contribution in [0.1, 0.15) is 36.7 Å². The molecule has 0 unspecified atom stereocenters. The Bertz CT molecular complexity index is 709. The summed E-state index contributed by atoms with van der Waals surface area (Å²) in [5.41, 5.74) is 3.97. The van der Waals surface area contributed by atoms with E-state index in [4.69, 9.17) is 4.74 Å². The third-order valence-electron chi connectivity index (χ3n) is 4.51. The van der Waals surface area contributed by atoms with Gasteiger partial charge in [0.05, 0.1) is 13.2 Å². The summed E-state index contributed by atoms with van der Waals surface area (Å²) in [4.78, 5) is 14.7. The van der Waals surface area contributed by atoms with Gasteiger partial charge in [-0.25, -0.2) is 0 Å². The zero-order chi connectivity index (χ0) is 17.9. The molecule has 1 fully saturated rings. The highest BCUT2D eigenvalue weighted by molar-refractivity contribution is 6.04. The number of hydrogen-bond acceptors (Lipinski definition) is 3. The number of nitrogens with zero attached hydrogens (tertiary/aromatic N) is 1. The molecule has 1 aliphatic heterocycles. The molecule has 4 heteroatoms. The molecule has 0 aromatic heterocycles. The number of carbonyl (C=O) groups is 1. The molecular formula is C21H26N2O2. The van der Waals surface area contributed by atoms with Crippen LogP contribution >= 0.6 is 0 Å². The largest absolute Gasteiger partial charge is 0.378 e. The van der Waals surface area contributed by atoms with Crippen molar-refractivity contribution in [3.63, 3.8) is 0 Å². The lowest BCUT2D eigenvalue weighted by Crippen LogP contribution is -2.36. The third kappa shape index (κ3) is 4.40. The fraction of sp³-hybridized carbons (Fsp3) is 0.381. The second-order valence-electron chi connectivity index (χ2n) is 7.43. The summed E-state index contributed by atoms with van der Waals surface area (Å²) in [7, 11) is 0. The van der Waals surface area contributed by atoms with Gasteiger partial charge in [0.1, 0.15) is 0 Å². The summed E-state index contributed by atoms with van der Waals surface area (Å²) >= 11 is 0. The zero-order valence-electron chi connectivity index (χ0n) is 15.2. The van der Waals surface area contributed by atoms with E-state index in [1.807, 2.05) is 36.4 Å². The van der Waals surface area contributed by atoms with E-state index in [2.05, 4.69) is 43.1 Å². The molecule has 0 bridgehead atoms. The first-order chi connectivity index (χ1) is 11.9. The lowest BCUT2D eigenvalue weighted by atomic mass is 9.87. The summed E-state index contributed by atoms with van der Waals surface area (Å²) in [5, 5.41) is 2.96. The van der Waals surface area contributed by atoms with Crippen molar-refractivity contribution in [3.05, 3.63) is 59.7 Å². The van der Waals surface area contributed by atoms with Gasteiger partial charge in [0, 0.05) is 30.0 Å². The SMILES string of the molecule is CC(C)(C)c1ccc(NC(=O)c2ccc(N3CCOCC3)cc2)cc1. The highest BCUT2D eigenvalue weighted by Crippen LogP contribution is 2.24. The topological polar surface area (TPSA) is 41.6 Å². The molecule has 4 nitrogen and oxygen atoms in total. The molecule has 0 aliphatic carbocycles. The predicted molar refractivity (Wildman–Crippen MR) is 103 cm³/mol. The van der Waals surface area contributed by atoms with Crippen LogP contribution in [0.25, 0.3) is 0 Å². The third-order valence-corrected chi connectivity index (χ3v) is 4.51. The molecule has 1 saturated heterocycles. The minimum absolute atomic E-state index is 0.0861. The Morgan fingerprint density at radius 2 is 1.56 bits per heavy atom. The van der Waals surface area contributed by atoms with Crippen LogP contribution in [-0.4, -0.2) is 32.2 Å². The van der Waals surface area contributed by atoms with E-state index < -0.39 is 0 Å². The fourth-order valence-electron chi connectivity index (χ4n) is 2.90. The monoisotopic (exact) mass is 338 g/mol. The van der Waals surface area contributed by atoms with Crippen LogP contribution in [0.3, 0.4) is 0 Å². The Balaban J connectivity index is 1.64. The molecule has 132 valence electrons. The summed E-state index contributed by atoms with van der Waals surface area (Å²) < 4.78 is 5.37. The lowest BCUT2D eigenvalue weighted by molar-refractivity contribution is 0.102. The normalized spacial score (nSPS) is 15.1. The Morgan fingerprint density at radius 3 is 2.12 bits per heavy atom. The first kappa shape index (κ1) is 17.5. The van der Waals surface area contributed by atoms with Gasteiger partial charge in [0.2, 0.25) is 0 Å². The number of ether oxygens (including phenoxy) is 1. The maximum atomic E-state index is 12.4. The molecule has 0 atom stereocenters. The van der Waals surface area contributed by atoms with Gasteiger partial charge in [-0.15, -0.1) is 0 Å². The van der Waals surface area contributed by atoms with Crippen molar-refractivity contribution in [3.8, 4) is 0 Å². The molecule has 0 saturated carbocycles. The minimum atomic E-state index is -0.0861. The van der Waals surface area contributed by atoms with E-state index in [0.29, 0.717) is 5.56 Å². The number of rotatable bonds is 3. The molecule has 2 aromatic carbocycles. The quantitative estimate of drug-likeness (QED) is 0.917. The van der Waals surface area contributed by atoms with Gasteiger partial charge in [0.15, 0.2) is 0 Å². The van der Waals surface area contributed by atoms with E-state index in [-0.39, 0.29) is 11.3 Å². The number of hydrogen-bond donors (Lipinski definition) is 1. The average molecular weight is 338 g/mol. The molecule has 0 radical (unpaired) electrons. The zero-order valence-corrected chi connectivity index (χ0v) is 15.2. The van der Waals surface area contributed by atoms with Gasteiger partial charge in [-0.2, -0.15) is 0 Å². The summed E-state index contributed by atoms with van der Waals surface area (Å²) in [5.74, 6) is -0.0861. The molecule has 1 aliphatic rings. The van der Waals surface area contributed by atoms with Gasteiger partial charge >= 0.3 is 0 Å². The van der Waals surface area contributed by atoms with Crippen LogP contribution in [0.5, 0.6) is 0 Å². The van der Waals surface area contributed by atoms with Gasteiger partial charge in [-0.1, -0.05) is 32.9 Å². The highest BCUT2D eigenvalue weighted by atomic mass is 16.5. The van der Waals surface area contributed by atoms with Crippen LogP contribution in [0, 0.1) is 0 Å². The van der Waals surface area contributed by atoms with Crippen molar-refractivity contribution < 1.29 is 9.53 Å². The van der Waals surface area contributed by atoms with Gasteiger partial charge < -0.3 is 15.0 Å². The Kier molecular flexibility index (Phi) is 5.09. The first-order valence-electron chi connectivity index (χ1n) is 8.78. The van der Waals surface area contributed by atoms with Crippen LogP contribution in [0.4, 0.5) is 11.4 Å². The lowest BCUT2D eigenvalue weighted by Gasteiger charge is -2.28. The van der Waals surface area contributed by atoms with Crippen molar-refractivity contribution >= 4 is 17.3 Å². The highest BCUT2D eigenvalue weighted by Gasteiger charge is 2.14. The van der Waals surface area contributed by atoms with E-state index in [0.717, 1.165) is 37.7 Å².